The number of carbonyl (C=O) groups excluding carboxylic acids is 2. The lowest BCUT2D eigenvalue weighted by Crippen LogP contribution is -2.57. The Balaban J connectivity index is 2.04. The summed E-state index contributed by atoms with van der Waals surface area (Å²) in [5.41, 5.74) is 0.884. The number of esters is 1. The second-order valence-corrected chi connectivity index (χ2v) is 7.37. The Morgan fingerprint density at radius 1 is 1.17 bits per heavy atom. The van der Waals surface area contributed by atoms with Crippen LogP contribution in [-0.2, 0) is 20.9 Å². The van der Waals surface area contributed by atoms with Crippen LogP contribution in [0.2, 0.25) is 0 Å². The minimum absolute atomic E-state index is 0.0208. The van der Waals surface area contributed by atoms with Crippen LogP contribution in [0.25, 0.3) is 0 Å². The number of carbonyl (C=O) groups is 3. The zero-order valence-corrected chi connectivity index (χ0v) is 17.2. The minimum atomic E-state index is -1.11. The number of piperidine rings is 1. The molecule has 1 heterocycles. The summed E-state index contributed by atoms with van der Waals surface area (Å²) in [7, 11) is 0. The summed E-state index contributed by atoms with van der Waals surface area (Å²) in [5.74, 6) is -0.412. The molecule has 2 atom stereocenters. The van der Waals surface area contributed by atoms with Crippen molar-refractivity contribution in [1.82, 2.24) is 9.80 Å². The van der Waals surface area contributed by atoms with E-state index in [-0.39, 0.29) is 38.3 Å². The number of ether oxygens (including phenoxy) is 2. The topological polar surface area (TPSA) is 96.4 Å². The van der Waals surface area contributed by atoms with Gasteiger partial charge in [0.1, 0.15) is 6.61 Å². The number of benzene rings is 1. The average Bonchev–Trinajstić information content (AvgIpc) is 2.68. The first-order chi connectivity index (χ1) is 13.8. The number of hydrogen-bond donors (Lipinski definition) is 1. The summed E-state index contributed by atoms with van der Waals surface area (Å²) < 4.78 is 10.4. The monoisotopic (exact) mass is 406 g/mol. The van der Waals surface area contributed by atoms with Crippen molar-refractivity contribution in [3.8, 4) is 0 Å². The van der Waals surface area contributed by atoms with Gasteiger partial charge in [0.25, 0.3) is 0 Å². The third-order valence-electron chi connectivity index (χ3n) is 5.00. The van der Waals surface area contributed by atoms with Crippen molar-refractivity contribution in [2.45, 2.75) is 64.8 Å². The second kappa shape index (κ2) is 10.7. The van der Waals surface area contributed by atoms with Gasteiger partial charge < -0.3 is 24.4 Å². The fourth-order valence-electron chi connectivity index (χ4n) is 3.67. The van der Waals surface area contributed by atoms with E-state index in [4.69, 9.17) is 9.47 Å². The molecule has 0 saturated carbocycles. The van der Waals surface area contributed by atoms with Gasteiger partial charge in [0.2, 0.25) is 0 Å². The molecule has 8 nitrogen and oxygen atoms in total. The van der Waals surface area contributed by atoms with Crippen molar-refractivity contribution in [2.24, 2.45) is 0 Å². The largest absolute Gasteiger partial charge is 0.466 e. The first kappa shape index (κ1) is 22.5. The number of hydrogen-bond acceptors (Lipinski definition) is 5. The summed E-state index contributed by atoms with van der Waals surface area (Å²) in [5, 5.41) is 9.62. The van der Waals surface area contributed by atoms with Crippen molar-refractivity contribution in [3.05, 3.63) is 35.9 Å². The molecule has 1 aliphatic rings. The molecule has 1 aromatic carbocycles. The lowest BCUT2D eigenvalue weighted by molar-refractivity contribution is -0.144. The van der Waals surface area contributed by atoms with Crippen molar-refractivity contribution in [2.75, 3.05) is 13.2 Å². The molecule has 160 valence electrons. The van der Waals surface area contributed by atoms with Gasteiger partial charge in [-0.2, -0.15) is 0 Å². The molecule has 0 aliphatic carbocycles. The maximum absolute atomic E-state index is 12.7. The lowest BCUT2D eigenvalue weighted by atomic mass is 9.95. The summed E-state index contributed by atoms with van der Waals surface area (Å²) in [6, 6.07) is 8.48. The number of amides is 2. The molecule has 8 heteroatoms. The Morgan fingerprint density at radius 2 is 1.86 bits per heavy atom. The maximum atomic E-state index is 12.7. The van der Waals surface area contributed by atoms with Crippen LogP contribution in [0.15, 0.2) is 30.3 Å². The highest BCUT2D eigenvalue weighted by atomic mass is 16.6. The molecular formula is C21H30N2O6. The van der Waals surface area contributed by atoms with Crippen molar-refractivity contribution < 1.29 is 29.0 Å². The van der Waals surface area contributed by atoms with Gasteiger partial charge in [-0.25, -0.2) is 9.59 Å². The molecule has 0 bridgehead atoms. The van der Waals surface area contributed by atoms with Crippen LogP contribution in [0, 0.1) is 0 Å². The molecule has 1 aromatic rings. The van der Waals surface area contributed by atoms with Crippen LogP contribution < -0.4 is 0 Å². The lowest BCUT2D eigenvalue weighted by Gasteiger charge is -2.43. The van der Waals surface area contributed by atoms with Gasteiger partial charge in [0, 0.05) is 18.6 Å². The molecule has 1 fully saturated rings. The Bertz CT molecular complexity index is 694. The number of carboxylic acid groups (broad SMARTS) is 1. The van der Waals surface area contributed by atoms with Crippen molar-refractivity contribution >= 4 is 18.2 Å². The van der Waals surface area contributed by atoms with Gasteiger partial charge >= 0.3 is 18.2 Å². The Morgan fingerprint density at radius 3 is 2.45 bits per heavy atom. The number of likely N-dealkylation sites (tertiary alicyclic amines) is 1. The number of nitrogens with zero attached hydrogens (tertiary/aromatic N) is 2. The van der Waals surface area contributed by atoms with E-state index in [0.717, 1.165) is 5.56 Å². The van der Waals surface area contributed by atoms with Gasteiger partial charge in [0.05, 0.1) is 19.1 Å². The molecule has 2 rings (SSSR count). The van der Waals surface area contributed by atoms with E-state index >= 15 is 0 Å². The van der Waals surface area contributed by atoms with Crippen LogP contribution in [0.3, 0.4) is 0 Å². The number of rotatable bonds is 7. The van der Waals surface area contributed by atoms with Crippen LogP contribution in [-0.4, -0.2) is 64.3 Å². The maximum Gasteiger partial charge on any atom is 0.410 e. The Hall–Kier alpha value is -2.77. The SMILES string of the molecule is CCOC(=O)C[C@@H]1CC[C@@H](N(C(=O)OCc2ccccc2)C(C)C)CN1C(=O)O. The minimum Gasteiger partial charge on any atom is -0.466 e. The zero-order chi connectivity index (χ0) is 21.4. The highest BCUT2D eigenvalue weighted by Gasteiger charge is 2.38. The van der Waals surface area contributed by atoms with E-state index < -0.39 is 24.2 Å². The molecule has 0 radical (unpaired) electrons. The molecule has 0 spiro atoms. The summed E-state index contributed by atoms with van der Waals surface area (Å²) in [4.78, 5) is 39.1. The normalized spacial score (nSPS) is 19.0. The quantitative estimate of drug-likeness (QED) is 0.696. The molecule has 0 aromatic heterocycles. The van der Waals surface area contributed by atoms with E-state index in [1.807, 2.05) is 44.2 Å². The Kier molecular flexibility index (Phi) is 8.30. The summed E-state index contributed by atoms with van der Waals surface area (Å²) >= 11 is 0. The summed E-state index contributed by atoms with van der Waals surface area (Å²) in [6.07, 6.45) is -0.488. The standard InChI is InChI=1S/C21H30N2O6/c1-4-28-19(24)12-17-10-11-18(13-22(17)20(25)26)23(15(2)3)21(27)29-14-16-8-6-5-7-9-16/h5-9,15,17-18H,4,10-14H2,1-3H3,(H,25,26)/t17-,18+/m0/s1. The molecular weight excluding hydrogens is 376 g/mol. The molecule has 1 saturated heterocycles. The van der Waals surface area contributed by atoms with E-state index in [0.29, 0.717) is 12.8 Å². The highest BCUT2D eigenvalue weighted by molar-refractivity contribution is 5.72. The molecule has 2 amide bonds. The van der Waals surface area contributed by atoms with Crippen molar-refractivity contribution in [3.63, 3.8) is 0 Å². The van der Waals surface area contributed by atoms with E-state index in [2.05, 4.69) is 0 Å². The van der Waals surface area contributed by atoms with Crippen LogP contribution in [0.5, 0.6) is 0 Å². The van der Waals surface area contributed by atoms with Crippen LogP contribution in [0.1, 0.15) is 45.6 Å². The predicted octanol–water partition coefficient (Wildman–Crippen LogP) is 3.50. The van der Waals surface area contributed by atoms with Gasteiger partial charge in [0.15, 0.2) is 0 Å². The average molecular weight is 406 g/mol. The predicted molar refractivity (Wildman–Crippen MR) is 106 cm³/mol. The molecule has 29 heavy (non-hydrogen) atoms. The van der Waals surface area contributed by atoms with Crippen molar-refractivity contribution in [1.29, 1.82) is 0 Å². The third-order valence-corrected chi connectivity index (χ3v) is 5.00. The van der Waals surface area contributed by atoms with Gasteiger partial charge in [-0.3, -0.25) is 4.79 Å². The Labute approximate surface area is 171 Å². The van der Waals surface area contributed by atoms with E-state index in [9.17, 15) is 19.5 Å². The van der Waals surface area contributed by atoms with Gasteiger partial charge in [-0.05, 0) is 39.2 Å². The van der Waals surface area contributed by atoms with Crippen LogP contribution >= 0.6 is 0 Å². The third kappa shape index (κ3) is 6.37. The van der Waals surface area contributed by atoms with Gasteiger partial charge in [-0.15, -0.1) is 0 Å². The fourth-order valence-corrected chi connectivity index (χ4v) is 3.67. The summed E-state index contributed by atoms with van der Waals surface area (Å²) in [6.45, 7) is 6.02. The van der Waals surface area contributed by atoms with E-state index in [1.165, 1.54) is 4.90 Å². The second-order valence-electron chi connectivity index (χ2n) is 7.37. The molecule has 1 aliphatic heterocycles. The first-order valence-electron chi connectivity index (χ1n) is 9.97. The zero-order valence-electron chi connectivity index (χ0n) is 17.2. The molecule has 1 N–H and O–H groups in total. The smallest absolute Gasteiger partial charge is 0.410 e. The first-order valence-corrected chi connectivity index (χ1v) is 9.97. The fraction of sp³-hybridized carbons (Fsp3) is 0.571. The molecule has 0 unspecified atom stereocenters. The van der Waals surface area contributed by atoms with Crippen LogP contribution in [0.4, 0.5) is 9.59 Å². The highest BCUT2D eigenvalue weighted by Crippen LogP contribution is 2.26. The van der Waals surface area contributed by atoms with Gasteiger partial charge in [-0.1, -0.05) is 30.3 Å². The van der Waals surface area contributed by atoms with E-state index in [1.54, 1.807) is 11.8 Å².